The average molecular weight is 351 g/mol. The molecule has 0 unspecified atom stereocenters. The number of rotatable bonds is 3. The molecule has 126 valence electrons. The largest absolute Gasteiger partial charge is 0.438 e. The molecule has 1 amide bonds. The summed E-state index contributed by atoms with van der Waals surface area (Å²) in [6.07, 6.45) is -0.597. The third-order valence-corrected chi connectivity index (χ3v) is 4.82. The van der Waals surface area contributed by atoms with Gasteiger partial charge in [-0.2, -0.15) is 8.42 Å². The van der Waals surface area contributed by atoms with E-state index in [2.05, 4.69) is 5.32 Å². The quantitative estimate of drug-likeness (QED) is 0.857. The van der Waals surface area contributed by atoms with Gasteiger partial charge in [0.1, 0.15) is 22.1 Å². The van der Waals surface area contributed by atoms with E-state index >= 15 is 0 Å². The van der Waals surface area contributed by atoms with E-state index < -0.39 is 32.5 Å². The second kappa shape index (κ2) is 5.48. The molecule has 0 aliphatic carbocycles. The molecule has 1 aliphatic heterocycles. The smallest absolute Gasteiger partial charge is 0.412 e. The van der Waals surface area contributed by atoms with E-state index in [9.17, 15) is 17.6 Å². The van der Waals surface area contributed by atoms with Crippen LogP contribution in [-0.2, 0) is 20.5 Å². The first kappa shape index (κ1) is 16.3. The Hall–Kier alpha value is -2.61. The summed E-state index contributed by atoms with van der Waals surface area (Å²) in [4.78, 5) is 10.9. The molecule has 0 saturated carbocycles. The van der Waals surface area contributed by atoms with Gasteiger partial charge in [0, 0.05) is 5.56 Å². The molecule has 2 aromatic carbocycles. The Morgan fingerprint density at radius 3 is 2.58 bits per heavy atom. The molecule has 0 bridgehead atoms. The van der Waals surface area contributed by atoms with Crippen LogP contribution < -0.4 is 9.50 Å². The zero-order valence-electron chi connectivity index (χ0n) is 12.9. The highest BCUT2D eigenvalue weighted by atomic mass is 32.2. The molecule has 0 radical (unpaired) electrons. The van der Waals surface area contributed by atoms with Crippen LogP contribution in [0.15, 0.2) is 47.4 Å². The number of halogens is 1. The third-order valence-electron chi connectivity index (χ3n) is 3.54. The zero-order valence-corrected chi connectivity index (χ0v) is 13.7. The number of nitrogens with one attached hydrogen (secondary N) is 1. The monoisotopic (exact) mass is 351 g/mol. The Morgan fingerprint density at radius 2 is 1.88 bits per heavy atom. The lowest BCUT2D eigenvalue weighted by molar-refractivity contribution is 0.0419. The number of hydrogen-bond donors (Lipinski definition) is 1. The molecule has 1 heterocycles. The molecule has 0 fully saturated rings. The van der Waals surface area contributed by atoms with Gasteiger partial charge in [0.05, 0.1) is 5.69 Å². The van der Waals surface area contributed by atoms with Crippen molar-refractivity contribution < 1.29 is 26.5 Å². The van der Waals surface area contributed by atoms with Crippen molar-refractivity contribution in [3.63, 3.8) is 0 Å². The lowest BCUT2D eigenvalue weighted by Crippen LogP contribution is -2.34. The molecular weight excluding hydrogens is 337 g/mol. The standard InChI is InChI=1S/C16H14FNO5S/c1-16(2)11-9-10(7-8-13(11)18-15(19)22-16)23-24(20,21)14-6-4-3-5-12(14)17/h3-9H,1-2H3,(H,18,19). The fourth-order valence-electron chi connectivity index (χ4n) is 2.42. The number of amides is 1. The maximum Gasteiger partial charge on any atom is 0.412 e. The summed E-state index contributed by atoms with van der Waals surface area (Å²) in [5.41, 5.74) is 0.0777. The van der Waals surface area contributed by atoms with Crippen molar-refractivity contribution in [1.82, 2.24) is 0 Å². The Morgan fingerprint density at radius 1 is 1.17 bits per heavy atom. The van der Waals surface area contributed by atoms with E-state index in [1.165, 1.54) is 30.3 Å². The SMILES string of the molecule is CC1(C)OC(=O)Nc2ccc(OS(=O)(=O)c3ccccc3F)cc21. The highest BCUT2D eigenvalue weighted by Crippen LogP contribution is 2.38. The third kappa shape index (κ3) is 2.92. The molecule has 3 rings (SSSR count). The summed E-state index contributed by atoms with van der Waals surface area (Å²) < 4.78 is 48.4. The molecule has 1 aliphatic rings. The second-order valence-electron chi connectivity index (χ2n) is 5.70. The van der Waals surface area contributed by atoms with Crippen molar-refractivity contribution in [2.75, 3.05) is 5.32 Å². The molecule has 0 saturated heterocycles. The summed E-state index contributed by atoms with van der Waals surface area (Å²) in [6.45, 7) is 3.33. The molecule has 6 nitrogen and oxygen atoms in total. The van der Waals surface area contributed by atoms with E-state index in [4.69, 9.17) is 8.92 Å². The van der Waals surface area contributed by atoms with E-state index in [1.807, 2.05) is 0 Å². The maximum absolute atomic E-state index is 13.7. The molecule has 0 aromatic heterocycles. The minimum Gasteiger partial charge on any atom is -0.438 e. The van der Waals surface area contributed by atoms with E-state index in [0.29, 0.717) is 11.3 Å². The number of benzene rings is 2. The van der Waals surface area contributed by atoms with Crippen molar-refractivity contribution in [2.45, 2.75) is 24.3 Å². The van der Waals surface area contributed by atoms with Gasteiger partial charge < -0.3 is 8.92 Å². The van der Waals surface area contributed by atoms with Gasteiger partial charge in [-0.25, -0.2) is 9.18 Å². The number of ether oxygens (including phenoxy) is 1. The van der Waals surface area contributed by atoms with E-state index in [-0.39, 0.29) is 5.75 Å². The predicted molar refractivity (Wildman–Crippen MR) is 83.8 cm³/mol. The van der Waals surface area contributed by atoms with Crippen LogP contribution in [-0.4, -0.2) is 14.5 Å². The van der Waals surface area contributed by atoms with Gasteiger partial charge in [-0.3, -0.25) is 5.32 Å². The van der Waals surface area contributed by atoms with Crippen molar-refractivity contribution in [2.24, 2.45) is 0 Å². The first-order valence-electron chi connectivity index (χ1n) is 7.02. The highest BCUT2D eigenvalue weighted by molar-refractivity contribution is 7.87. The topological polar surface area (TPSA) is 81.7 Å². The Kier molecular flexibility index (Phi) is 3.71. The lowest BCUT2D eigenvalue weighted by Gasteiger charge is -2.32. The first-order chi connectivity index (χ1) is 11.2. The van der Waals surface area contributed by atoms with E-state index in [0.717, 1.165) is 12.1 Å². The Balaban J connectivity index is 1.98. The number of fused-ring (bicyclic) bond motifs is 1. The molecule has 1 N–H and O–H groups in total. The van der Waals surface area contributed by atoms with Crippen molar-refractivity contribution in [3.8, 4) is 5.75 Å². The lowest BCUT2D eigenvalue weighted by atomic mass is 9.95. The van der Waals surface area contributed by atoms with Crippen LogP contribution in [0.3, 0.4) is 0 Å². The highest BCUT2D eigenvalue weighted by Gasteiger charge is 2.34. The number of cyclic esters (lactones) is 1. The fraction of sp³-hybridized carbons (Fsp3) is 0.188. The van der Waals surface area contributed by atoms with Crippen molar-refractivity contribution in [3.05, 3.63) is 53.8 Å². The summed E-state index contributed by atoms with van der Waals surface area (Å²) in [6, 6.07) is 9.26. The minimum atomic E-state index is -4.32. The Bertz CT molecular complexity index is 924. The van der Waals surface area contributed by atoms with Crippen molar-refractivity contribution in [1.29, 1.82) is 0 Å². The van der Waals surface area contributed by atoms with Crippen LogP contribution in [0.5, 0.6) is 5.75 Å². The summed E-state index contributed by atoms with van der Waals surface area (Å²) in [5, 5.41) is 2.52. The normalized spacial score (nSPS) is 15.9. The number of hydrogen-bond acceptors (Lipinski definition) is 5. The molecular formula is C16H14FNO5S. The van der Waals surface area contributed by atoms with Crippen LogP contribution in [0.1, 0.15) is 19.4 Å². The summed E-state index contributed by atoms with van der Waals surface area (Å²) in [7, 11) is -4.32. The van der Waals surface area contributed by atoms with Crippen LogP contribution >= 0.6 is 0 Å². The van der Waals surface area contributed by atoms with Gasteiger partial charge >= 0.3 is 16.2 Å². The molecule has 8 heteroatoms. The van der Waals surface area contributed by atoms with Crippen LogP contribution in [0.25, 0.3) is 0 Å². The van der Waals surface area contributed by atoms with Gasteiger partial charge in [0.25, 0.3) is 0 Å². The van der Waals surface area contributed by atoms with Crippen LogP contribution in [0.2, 0.25) is 0 Å². The van der Waals surface area contributed by atoms with Gasteiger partial charge in [-0.1, -0.05) is 12.1 Å². The van der Waals surface area contributed by atoms with E-state index in [1.54, 1.807) is 13.8 Å². The molecule has 0 spiro atoms. The van der Waals surface area contributed by atoms with Gasteiger partial charge in [0.15, 0.2) is 0 Å². The molecule has 0 atom stereocenters. The number of carbonyl (C=O) groups excluding carboxylic acids is 1. The minimum absolute atomic E-state index is 0.00942. The molecule has 2 aromatic rings. The Labute approximate surface area is 138 Å². The average Bonchev–Trinajstić information content (AvgIpc) is 2.47. The number of carbonyl (C=O) groups is 1. The first-order valence-corrected chi connectivity index (χ1v) is 8.43. The molecule has 24 heavy (non-hydrogen) atoms. The van der Waals surface area contributed by atoms with Gasteiger partial charge in [-0.15, -0.1) is 0 Å². The van der Waals surface area contributed by atoms with Crippen LogP contribution in [0.4, 0.5) is 14.9 Å². The number of anilines is 1. The summed E-state index contributed by atoms with van der Waals surface area (Å²) in [5.74, 6) is -0.906. The van der Waals surface area contributed by atoms with Gasteiger partial charge in [-0.05, 0) is 44.2 Å². The van der Waals surface area contributed by atoms with Crippen molar-refractivity contribution >= 4 is 21.9 Å². The fourth-order valence-corrected chi connectivity index (χ4v) is 3.42. The predicted octanol–water partition coefficient (Wildman–Crippen LogP) is 3.39. The van der Waals surface area contributed by atoms with Gasteiger partial charge in [0.2, 0.25) is 0 Å². The summed E-state index contributed by atoms with van der Waals surface area (Å²) >= 11 is 0. The second-order valence-corrected chi connectivity index (χ2v) is 7.21. The van der Waals surface area contributed by atoms with Crippen LogP contribution in [0, 0.1) is 5.82 Å². The maximum atomic E-state index is 13.7. The zero-order chi connectivity index (χ0) is 17.5.